The van der Waals surface area contributed by atoms with Crippen molar-refractivity contribution in [3.8, 4) is 5.95 Å². The molecule has 2 heterocycles. The van der Waals surface area contributed by atoms with E-state index in [-0.39, 0.29) is 23.9 Å². The molecule has 0 saturated carbocycles. The van der Waals surface area contributed by atoms with Crippen LogP contribution in [-0.4, -0.2) is 31.8 Å². The lowest BCUT2D eigenvalue weighted by atomic mass is 9.76. The molecule has 6 nitrogen and oxygen atoms in total. The highest BCUT2D eigenvalue weighted by Crippen LogP contribution is 2.36. The number of ether oxygens (including phenoxy) is 1. The summed E-state index contributed by atoms with van der Waals surface area (Å²) < 4.78 is 7.49. The van der Waals surface area contributed by atoms with Crippen LogP contribution in [0.15, 0.2) is 17.7 Å². The summed E-state index contributed by atoms with van der Waals surface area (Å²) >= 11 is 0. The molecule has 0 spiro atoms. The molecule has 0 amide bonds. The van der Waals surface area contributed by atoms with Gasteiger partial charge in [0.25, 0.3) is 5.95 Å². The Kier molecular flexibility index (Phi) is 5.41. The van der Waals surface area contributed by atoms with Gasteiger partial charge in [-0.2, -0.15) is 5.10 Å². The third-order valence-electron chi connectivity index (χ3n) is 5.19. The maximum absolute atomic E-state index is 12.6. The number of hydrogen-bond acceptors (Lipinski definition) is 5. The van der Waals surface area contributed by atoms with E-state index in [0.717, 1.165) is 41.2 Å². The molecule has 6 heteroatoms. The Hall–Kier alpha value is -2.50. The lowest BCUT2D eigenvalue weighted by Gasteiger charge is -2.33. The second-order valence-corrected chi connectivity index (χ2v) is 8.78. The van der Waals surface area contributed by atoms with E-state index in [1.54, 1.807) is 4.68 Å². The van der Waals surface area contributed by atoms with Gasteiger partial charge in [-0.25, -0.2) is 14.6 Å². The predicted octanol–water partition coefficient (Wildman–Crippen LogP) is 4.12. The van der Waals surface area contributed by atoms with Gasteiger partial charge in [-0.15, -0.1) is 0 Å². The summed E-state index contributed by atoms with van der Waals surface area (Å²) in [6.07, 6.45) is 4.02. The van der Waals surface area contributed by atoms with E-state index in [1.165, 1.54) is 5.57 Å². The Labute approximate surface area is 167 Å². The Morgan fingerprint density at radius 3 is 2.43 bits per heavy atom. The summed E-state index contributed by atoms with van der Waals surface area (Å²) in [6.45, 7) is 14.2. The summed E-state index contributed by atoms with van der Waals surface area (Å²) in [5, 5.41) is 4.57. The number of nitrogens with zero attached hydrogens (tertiary/aromatic N) is 4. The quantitative estimate of drug-likeness (QED) is 0.588. The van der Waals surface area contributed by atoms with Crippen molar-refractivity contribution >= 4 is 5.97 Å². The van der Waals surface area contributed by atoms with Crippen molar-refractivity contribution in [2.45, 2.75) is 73.8 Å². The Morgan fingerprint density at radius 2 is 1.82 bits per heavy atom. The van der Waals surface area contributed by atoms with Crippen molar-refractivity contribution < 1.29 is 9.53 Å². The summed E-state index contributed by atoms with van der Waals surface area (Å²) in [7, 11) is 0. The van der Waals surface area contributed by atoms with Gasteiger partial charge in [0.2, 0.25) is 0 Å². The van der Waals surface area contributed by atoms with Gasteiger partial charge in [-0.3, -0.25) is 4.79 Å². The molecule has 0 saturated heterocycles. The first kappa shape index (κ1) is 20.2. The van der Waals surface area contributed by atoms with Crippen LogP contribution in [0, 0.1) is 33.1 Å². The topological polar surface area (TPSA) is 69.9 Å². The van der Waals surface area contributed by atoms with Crippen LogP contribution >= 0.6 is 0 Å². The van der Waals surface area contributed by atoms with Gasteiger partial charge >= 0.3 is 5.97 Å². The summed E-state index contributed by atoms with van der Waals surface area (Å²) in [4.78, 5) is 21.6. The van der Waals surface area contributed by atoms with E-state index >= 15 is 0 Å². The molecule has 1 atom stereocenters. The number of esters is 1. The fourth-order valence-electron chi connectivity index (χ4n) is 4.16. The van der Waals surface area contributed by atoms with Crippen LogP contribution in [0.1, 0.15) is 62.0 Å². The van der Waals surface area contributed by atoms with Gasteiger partial charge in [0, 0.05) is 22.6 Å². The van der Waals surface area contributed by atoms with Gasteiger partial charge in [-0.05, 0) is 65.0 Å². The number of rotatable bonds is 4. The molecule has 1 unspecified atom stereocenters. The number of allylic oxidation sites excluding steroid dienone is 1. The third kappa shape index (κ3) is 4.49. The van der Waals surface area contributed by atoms with Gasteiger partial charge in [0.05, 0.1) is 12.1 Å². The molecule has 3 rings (SSSR count). The number of aryl methyl sites for hydroxylation is 3. The molecular formula is C22H30N4O2. The van der Waals surface area contributed by atoms with Crippen LogP contribution < -0.4 is 0 Å². The molecule has 0 fully saturated rings. The first-order chi connectivity index (χ1) is 13.0. The first-order valence-electron chi connectivity index (χ1n) is 9.78. The maximum Gasteiger partial charge on any atom is 0.310 e. The average Bonchev–Trinajstić information content (AvgIpc) is 2.80. The molecule has 1 aliphatic rings. The number of aromatic nitrogens is 4. The normalized spacial score (nSPS) is 18.7. The minimum Gasteiger partial charge on any atom is -0.458 e. The van der Waals surface area contributed by atoms with Crippen LogP contribution in [0.5, 0.6) is 0 Å². The van der Waals surface area contributed by atoms with Crippen LogP contribution in [0.4, 0.5) is 0 Å². The molecule has 0 bridgehead atoms. The van der Waals surface area contributed by atoms with Crippen molar-refractivity contribution in [3.05, 3.63) is 46.1 Å². The summed E-state index contributed by atoms with van der Waals surface area (Å²) in [5.41, 5.74) is 5.75. The van der Waals surface area contributed by atoms with Crippen LogP contribution in [0.3, 0.4) is 0 Å². The zero-order chi connectivity index (χ0) is 20.6. The number of hydrogen-bond donors (Lipinski definition) is 0. The average molecular weight is 383 g/mol. The van der Waals surface area contributed by atoms with Gasteiger partial charge in [0.15, 0.2) is 0 Å². The molecule has 1 aliphatic carbocycles. The number of carbonyl (C=O) groups is 1. The van der Waals surface area contributed by atoms with Gasteiger partial charge < -0.3 is 4.74 Å². The zero-order valence-electron chi connectivity index (χ0n) is 18.0. The van der Waals surface area contributed by atoms with E-state index in [9.17, 15) is 4.79 Å². The van der Waals surface area contributed by atoms with Crippen molar-refractivity contribution in [2.75, 3.05) is 0 Å². The standard InChI is InChI=1S/C22H30N4O2/c1-13-8-18(12-22(6,7)11-13)28-20(27)10-19-16(4)25-26(17(19)5)21-23-14(2)9-15(3)24-21/h8-9,18H,10-12H2,1-7H3. The third-order valence-corrected chi connectivity index (χ3v) is 5.19. The molecular weight excluding hydrogens is 352 g/mol. The highest BCUT2D eigenvalue weighted by Gasteiger charge is 2.29. The smallest absolute Gasteiger partial charge is 0.310 e. The van der Waals surface area contributed by atoms with E-state index < -0.39 is 0 Å². The lowest BCUT2D eigenvalue weighted by molar-refractivity contribution is -0.147. The molecule has 0 radical (unpaired) electrons. The lowest BCUT2D eigenvalue weighted by Crippen LogP contribution is -2.29. The highest BCUT2D eigenvalue weighted by molar-refractivity contribution is 5.73. The predicted molar refractivity (Wildman–Crippen MR) is 108 cm³/mol. The summed E-state index contributed by atoms with van der Waals surface area (Å²) in [5.74, 6) is 0.309. The molecule has 2 aromatic heterocycles. The van der Waals surface area contributed by atoms with Gasteiger partial charge in [-0.1, -0.05) is 19.4 Å². The minimum absolute atomic E-state index is 0.154. The Bertz CT molecular complexity index is 920. The zero-order valence-corrected chi connectivity index (χ0v) is 18.0. The molecule has 0 aliphatic heterocycles. The van der Waals surface area contributed by atoms with Crippen molar-refractivity contribution in [1.29, 1.82) is 0 Å². The Morgan fingerprint density at radius 1 is 1.18 bits per heavy atom. The molecule has 2 aromatic rings. The summed E-state index contributed by atoms with van der Waals surface area (Å²) in [6, 6.07) is 1.93. The second-order valence-electron chi connectivity index (χ2n) is 8.78. The van der Waals surface area contributed by atoms with E-state index in [2.05, 4.69) is 41.9 Å². The molecule has 150 valence electrons. The van der Waals surface area contributed by atoms with E-state index in [4.69, 9.17) is 4.74 Å². The first-order valence-corrected chi connectivity index (χ1v) is 9.78. The van der Waals surface area contributed by atoms with Crippen molar-refractivity contribution in [1.82, 2.24) is 19.7 Å². The highest BCUT2D eigenvalue weighted by atomic mass is 16.5. The minimum atomic E-state index is -0.223. The van der Waals surface area contributed by atoms with Crippen LogP contribution in [0.25, 0.3) is 5.95 Å². The van der Waals surface area contributed by atoms with Crippen LogP contribution in [-0.2, 0) is 16.0 Å². The fourth-order valence-corrected chi connectivity index (χ4v) is 4.16. The van der Waals surface area contributed by atoms with Crippen molar-refractivity contribution in [2.24, 2.45) is 5.41 Å². The van der Waals surface area contributed by atoms with E-state index in [0.29, 0.717) is 5.95 Å². The molecule has 28 heavy (non-hydrogen) atoms. The maximum atomic E-state index is 12.6. The fraction of sp³-hybridized carbons (Fsp3) is 0.545. The second kappa shape index (κ2) is 7.49. The SMILES string of the molecule is CC1=CC(OC(=O)Cc2c(C)nn(-c3nc(C)cc(C)n3)c2C)CC(C)(C)C1. The Balaban J connectivity index is 1.79. The molecule has 0 aromatic carbocycles. The van der Waals surface area contributed by atoms with E-state index in [1.807, 2.05) is 33.8 Å². The largest absolute Gasteiger partial charge is 0.458 e. The molecule has 0 N–H and O–H groups in total. The monoisotopic (exact) mass is 382 g/mol. The van der Waals surface area contributed by atoms with Crippen molar-refractivity contribution in [3.63, 3.8) is 0 Å². The van der Waals surface area contributed by atoms with Crippen LogP contribution in [0.2, 0.25) is 0 Å². The van der Waals surface area contributed by atoms with Gasteiger partial charge in [0.1, 0.15) is 6.10 Å². The number of carbonyl (C=O) groups excluding carboxylic acids is 1.